The molecule has 5 nitrogen and oxygen atoms in total. The van der Waals surface area contributed by atoms with Gasteiger partial charge in [0.2, 0.25) is 0 Å². The minimum atomic E-state index is -0.879. The largest absolute Gasteiger partial charge is 0.465 e. The van der Waals surface area contributed by atoms with E-state index >= 15 is 0 Å². The highest BCUT2D eigenvalue weighted by atomic mass is 16.6. The fourth-order valence-corrected chi connectivity index (χ4v) is 2.09. The van der Waals surface area contributed by atoms with E-state index in [0.29, 0.717) is 19.7 Å². The van der Waals surface area contributed by atoms with Crippen LogP contribution in [0.5, 0.6) is 0 Å². The maximum atomic E-state index is 10.5. The quantitative estimate of drug-likeness (QED) is 0.635. The van der Waals surface area contributed by atoms with Gasteiger partial charge in [-0.15, -0.1) is 0 Å². The van der Waals surface area contributed by atoms with Crippen LogP contribution in [0.2, 0.25) is 0 Å². The summed E-state index contributed by atoms with van der Waals surface area (Å²) in [6.45, 7) is 1.56. The van der Waals surface area contributed by atoms with Gasteiger partial charge < -0.3 is 19.5 Å². The van der Waals surface area contributed by atoms with Crippen LogP contribution in [0.3, 0.4) is 0 Å². The molecule has 0 radical (unpaired) electrons. The van der Waals surface area contributed by atoms with E-state index in [2.05, 4.69) is 0 Å². The summed E-state index contributed by atoms with van der Waals surface area (Å²) in [6.07, 6.45) is 0.0447. The molecular formula is C8H13NO4. The number of hydrogen-bond acceptors (Lipinski definition) is 3. The summed E-state index contributed by atoms with van der Waals surface area (Å²) < 4.78 is 10.8. The van der Waals surface area contributed by atoms with Gasteiger partial charge in [0.15, 0.2) is 0 Å². The number of methoxy groups -OCH3 is 1. The van der Waals surface area contributed by atoms with Gasteiger partial charge in [-0.05, 0) is 6.42 Å². The molecule has 0 aromatic rings. The Bertz CT molecular complexity index is 224. The Morgan fingerprint density at radius 1 is 1.69 bits per heavy atom. The minimum Gasteiger partial charge on any atom is -0.465 e. The molecular weight excluding hydrogens is 174 g/mol. The van der Waals surface area contributed by atoms with Crippen molar-refractivity contribution in [1.82, 2.24) is 4.90 Å². The number of amides is 1. The van der Waals surface area contributed by atoms with Crippen molar-refractivity contribution in [3.63, 3.8) is 0 Å². The molecule has 0 bridgehead atoms. The molecule has 2 heterocycles. The molecule has 2 fully saturated rings. The molecule has 2 rings (SSSR count). The molecule has 5 heteroatoms. The zero-order valence-electron chi connectivity index (χ0n) is 7.52. The molecule has 0 saturated carbocycles. The zero-order valence-corrected chi connectivity index (χ0v) is 7.52. The van der Waals surface area contributed by atoms with Crippen LogP contribution in [0.15, 0.2) is 0 Å². The van der Waals surface area contributed by atoms with Crippen molar-refractivity contribution in [2.45, 2.75) is 18.1 Å². The van der Waals surface area contributed by atoms with E-state index in [9.17, 15) is 4.79 Å². The van der Waals surface area contributed by atoms with Crippen LogP contribution < -0.4 is 0 Å². The summed E-state index contributed by atoms with van der Waals surface area (Å²) in [6, 6.07) is 0. The van der Waals surface area contributed by atoms with Crippen molar-refractivity contribution in [2.24, 2.45) is 0 Å². The summed E-state index contributed by atoms with van der Waals surface area (Å²) >= 11 is 0. The second-order valence-corrected chi connectivity index (χ2v) is 3.56. The Morgan fingerprint density at radius 2 is 2.38 bits per heavy atom. The molecule has 2 aliphatic heterocycles. The molecule has 2 saturated heterocycles. The molecule has 0 unspecified atom stereocenters. The first kappa shape index (κ1) is 8.77. The molecule has 1 spiro atoms. The van der Waals surface area contributed by atoms with Crippen LogP contribution in [0.25, 0.3) is 0 Å². The molecule has 2 aliphatic rings. The summed E-state index contributed by atoms with van der Waals surface area (Å²) in [7, 11) is 1.64. The van der Waals surface area contributed by atoms with Crippen LogP contribution in [0.1, 0.15) is 6.42 Å². The van der Waals surface area contributed by atoms with Gasteiger partial charge in [0, 0.05) is 7.11 Å². The molecule has 74 valence electrons. The first-order valence-corrected chi connectivity index (χ1v) is 4.32. The van der Waals surface area contributed by atoms with E-state index < -0.39 is 6.09 Å². The first-order chi connectivity index (χ1) is 6.18. The highest BCUT2D eigenvalue weighted by Crippen LogP contribution is 2.36. The van der Waals surface area contributed by atoms with E-state index in [1.807, 2.05) is 0 Å². The SMILES string of the molecule is CO[C@@H]1CCOC12CN(C(=O)O)C2. The normalized spacial score (nSPS) is 30.5. The molecule has 13 heavy (non-hydrogen) atoms. The lowest BCUT2D eigenvalue weighted by Gasteiger charge is -2.47. The zero-order chi connectivity index (χ0) is 9.47. The highest BCUT2D eigenvalue weighted by molar-refractivity contribution is 5.66. The molecule has 0 aromatic heterocycles. The van der Waals surface area contributed by atoms with Crippen molar-refractivity contribution in [3.05, 3.63) is 0 Å². The van der Waals surface area contributed by atoms with Crippen LogP contribution >= 0.6 is 0 Å². The maximum absolute atomic E-state index is 10.5. The van der Waals surface area contributed by atoms with E-state index in [-0.39, 0.29) is 11.7 Å². The van der Waals surface area contributed by atoms with Gasteiger partial charge in [-0.1, -0.05) is 0 Å². The van der Waals surface area contributed by atoms with Gasteiger partial charge in [-0.3, -0.25) is 0 Å². The van der Waals surface area contributed by atoms with E-state index in [1.165, 1.54) is 4.90 Å². The van der Waals surface area contributed by atoms with Gasteiger partial charge in [-0.2, -0.15) is 0 Å². The van der Waals surface area contributed by atoms with Crippen LogP contribution in [-0.4, -0.2) is 54.6 Å². The van der Waals surface area contributed by atoms with Crippen molar-refractivity contribution in [1.29, 1.82) is 0 Å². The average molecular weight is 187 g/mol. The number of rotatable bonds is 1. The third-order valence-corrected chi connectivity index (χ3v) is 2.83. The van der Waals surface area contributed by atoms with Crippen LogP contribution in [-0.2, 0) is 9.47 Å². The van der Waals surface area contributed by atoms with Gasteiger partial charge >= 0.3 is 6.09 Å². The average Bonchev–Trinajstić information content (AvgIpc) is 2.43. The summed E-state index contributed by atoms with van der Waals surface area (Å²) in [5.41, 5.74) is -0.340. The van der Waals surface area contributed by atoms with E-state index in [0.717, 1.165) is 6.42 Å². The van der Waals surface area contributed by atoms with E-state index in [4.69, 9.17) is 14.6 Å². The second-order valence-electron chi connectivity index (χ2n) is 3.56. The van der Waals surface area contributed by atoms with Gasteiger partial charge in [0.1, 0.15) is 5.60 Å². The molecule has 1 N–H and O–H groups in total. The number of carboxylic acid groups (broad SMARTS) is 1. The third kappa shape index (κ3) is 1.19. The topological polar surface area (TPSA) is 59.0 Å². The third-order valence-electron chi connectivity index (χ3n) is 2.83. The summed E-state index contributed by atoms with van der Waals surface area (Å²) in [4.78, 5) is 11.9. The standard InChI is InChI=1S/C8H13NO4/c1-12-6-2-3-13-8(6)4-9(5-8)7(10)11/h6H,2-5H2,1H3,(H,10,11)/t6-/m1/s1. The lowest BCUT2D eigenvalue weighted by Crippen LogP contribution is -2.67. The predicted octanol–water partition coefficient (Wildman–Crippen LogP) is 0.154. The fraction of sp³-hybridized carbons (Fsp3) is 0.875. The number of ether oxygens (including phenoxy) is 2. The molecule has 1 amide bonds. The Labute approximate surface area is 76.2 Å². The Balaban J connectivity index is 1.98. The maximum Gasteiger partial charge on any atom is 0.407 e. The second kappa shape index (κ2) is 2.85. The Morgan fingerprint density at radius 3 is 2.92 bits per heavy atom. The minimum absolute atomic E-state index is 0.0584. The monoisotopic (exact) mass is 187 g/mol. The lowest BCUT2D eigenvalue weighted by atomic mass is 9.88. The van der Waals surface area contributed by atoms with Gasteiger partial charge in [-0.25, -0.2) is 4.79 Å². The highest BCUT2D eigenvalue weighted by Gasteiger charge is 2.55. The number of nitrogens with zero attached hydrogens (tertiary/aromatic N) is 1. The van der Waals surface area contributed by atoms with Crippen LogP contribution in [0.4, 0.5) is 4.79 Å². The lowest BCUT2D eigenvalue weighted by molar-refractivity contribution is -0.149. The van der Waals surface area contributed by atoms with Gasteiger partial charge in [0.25, 0.3) is 0 Å². The Hall–Kier alpha value is -0.810. The van der Waals surface area contributed by atoms with Crippen LogP contribution in [0, 0.1) is 0 Å². The summed E-state index contributed by atoms with van der Waals surface area (Å²) in [5, 5.41) is 8.67. The van der Waals surface area contributed by atoms with Crippen molar-refractivity contribution < 1.29 is 19.4 Å². The van der Waals surface area contributed by atoms with Crippen molar-refractivity contribution in [2.75, 3.05) is 26.8 Å². The molecule has 0 aromatic carbocycles. The fourth-order valence-electron chi connectivity index (χ4n) is 2.09. The number of carbonyl (C=O) groups is 1. The summed E-state index contributed by atoms with van der Waals surface area (Å²) in [5.74, 6) is 0. The van der Waals surface area contributed by atoms with Gasteiger partial charge in [0.05, 0.1) is 25.8 Å². The van der Waals surface area contributed by atoms with E-state index in [1.54, 1.807) is 7.11 Å². The Kier molecular flexibility index (Phi) is 1.92. The predicted molar refractivity (Wildman–Crippen MR) is 43.7 cm³/mol. The number of hydrogen-bond donors (Lipinski definition) is 1. The molecule has 0 aliphatic carbocycles. The van der Waals surface area contributed by atoms with Crippen molar-refractivity contribution in [3.8, 4) is 0 Å². The number of likely N-dealkylation sites (tertiary alicyclic amines) is 1. The molecule has 1 atom stereocenters. The van der Waals surface area contributed by atoms with Crippen molar-refractivity contribution >= 4 is 6.09 Å². The first-order valence-electron chi connectivity index (χ1n) is 4.32. The smallest absolute Gasteiger partial charge is 0.407 e.